The minimum absolute atomic E-state index is 0.201. The van der Waals surface area contributed by atoms with Gasteiger partial charge in [0.1, 0.15) is 0 Å². The van der Waals surface area contributed by atoms with Crippen LogP contribution in [0.3, 0.4) is 0 Å². The normalized spacial score (nSPS) is 23.1. The largest absolute Gasteiger partial charge is 0.371 e. The van der Waals surface area contributed by atoms with Gasteiger partial charge in [0.15, 0.2) is 0 Å². The van der Waals surface area contributed by atoms with E-state index in [0.29, 0.717) is 0 Å². The maximum absolute atomic E-state index is 6.02. The second-order valence-electron chi connectivity index (χ2n) is 5.73. The maximum Gasteiger partial charge on any atom is 0.0366 e. The van der Waals surface area contributed by atoms with Gasteiger partial charge in [-0.1, -0.05) is 18.2 Å². The summed E-state index contributed by atoms with van der Waals surface area (Å²) >= 11 is 0. The van der Waals surface area contributed by atoms with E-state index < -0.39 is 0 Å². The molecule has 2 fully saturated rings. The Labute approximate surface area is 109 Å². The van der Waals surface area contributed by atoms with Crippen LogP contribution >= 0.6 is 0 Å². The number of piperidine rings is 1. The molecule has 0 amide bonds. The fraction of sp³-hybridized carbons (Fsp3) is 0.600. The van der Waals surface area contributed by atoms with Gasteiger partial charge in [0.2, 0.25) is 0 Å². The van der Waals surface area contributed by atoms with E-state index in [9.17, 15) is 0 Å². The summed E-state index contributed by atoms with van der Waals surface area (Å²) in [5.74, 6) is 0. The number of benzene rings is 1. The van der Waals surface area contributed by atoms with Crippen LogP contribution in [-0.2, 0) is 0 Å². The first-order valence-electron chi connectivity index (χ1n) is 7.09. The number of rotatable bonds is 4. The van der Waals surface area contributed by atoms with Crippen LogP contribution in [0.1, 0.15) is 25.7 Å². The highest BCUT2D eigenvalue weighted by Gasteiger charge is 2.37. The molecule has 1 aliphatic heterocycles. The van der Waals surface area contributed by atoms with Crippen LogP contribution in [0.15, 0.2) is 30.3 Å². The molecule has 98 valence electrons. The third kappa shape index (κ3) is 2.52. The SMILES string of the molecule is NCC1(NC2CC2)CCN(c2ccccc2)CC1. The highest BCUT2D eigenvalue weighted by atomic mass is 15.2. The minimum atomic E-state index is 0.201. The molecule has 0 atom stereocenters. The molecular formula is C15H23N3. The predicted molar refractivity (Wildman–Crippen MR) is 75.8 cm³/mol. The molecule has 0 unspecified atom stereocenters. The Kier molecular flexibility index (Phi) is 3.27. The summed E-state index contributed by atoms with van der Waals surface area (Å²) in [6.07, 6.45) is 5.00. The molecule has 3 rings (SSSR count). The van der Waals surface area contributed by atoms with Gasteiger partial charge in [0.05, 0.1) is 0 Å². The fourth-order valence-corrected chi connectivity index (χ4v) is 2.90. The molecule has 0 aromatic heterocycles. The Morgan fingerprint density at radius 2 is 1.83 bits per heavy atom. The molecule has 1 aromatic rings. The second-order valence-corrected chi connectivity index (χ2v) is 5.73. The predicted octanol–water partition coefficient (Wildman–Crippen LogP) is 1.74. The summed E-state index contributed by atoms with van der Waals surface area (Å²) in [5, 5.41) is 3.78. The number of para-hydroxylation sites is 1. The number of hydrogen-bond donors (Lipinski definition) is 2. The van der Waals surface area contributed by atoms with Crippen molar-refractivity contribution >= 4 is 5.69 Å². The van der Waals surface area contributed by atoms with Crippen LogP contribution < -0.4 is 16.0 Å². The van der Waals surface area contributed by atoms with Crippen molar-refractivity contribution in [2.24, 2.45) is 5.73 Å². The molecule has 1 saturated heterocycles. The molecule has 18 heavy (non-hydrogen) atoms. The first-order valence-corrected chi connectivity index (χ1v) is 7.09. The van der Waals surface area contributed by atoms with Gasteiger partial charge in [-0.2, -0.15) is 0 Å². The number of nitrogens with two attached hydrogens (primary N) is 1. The second kappa shape index (κ2) is 4.90. The average Bonchev–Trinajstić information content (AvgIpc) is 3.24. The van der Waals surface area contributed by atoms with Crippen LogP contribution in [0.5, 0.6) is 0 Å². The summed E-state index contributed by atoms with van der Waals surface area (Å²) in [7, 11) is 0. The van der Waals surface area contributed by atoms with E-state index in [1.807, 2.05) is 0 Å². The van der Waals surface area contributed by atoms with Crippen molar-refractivity contribution in [2.75, 3.05) is 24.5 Å². The van der Waals surface area contributed by atoms with Crippen LogP contribution in [0.25, 0.3) is 0 Å². The molecule has 3 heteroatoms. The number of anilines is 1. The van der Waals surface area contributed by atoms with Crippen LogP contribution in [0, 0.1) is 0 Å². The standard InChI is InChI=1S/C15H23N3/c16-12-15(17-13-6-7-13)8-10-18(11-9-15)14-4-2-1-3-5-14/h1-5,13,17H,6-12,16H2. The zero-order valence-electron chi connectivity index (χ0n) is 10.9. The average molecular weight is 245 g/mol. The summed E-state index contributed by atoms with van der Waals surface area (Å²) in [4.78, 5) is 2.47. The summed E-state index contributed by atoms with van der Waals surface area (Å²) in [6, 6.07) is 11.4. The third-order valence-electron chi connectivity index (χ3n) is 4.32. The van der Waals surface area contributed by atoms with Gasteiger partial charge in [0.25, 0.3) is 0 Å². The van der Waals surface area contributed by atoms with E-state index in [4.69, 9.17) is 5.73 Å². The van der Waals surface area contributed by atoms with Crippen molar-refractivity contribution in [3.8, 4) is 0 Å². The Morgan fingerprint density at radius 3 is 2.39 bits per heavy atom. The molecule has 1 saturated carbocycles. The van der Waals surface area contributed by atoms with E-state index >= 15 is 0 Å². The van der Waals surface area contributed by atoms with Crippen LogP contribution in [0.4, 0.5) is 5.69 Å². The maximum atomic E-state index is 6.02. The molecule has 0 radical (unpaired) electrons. The lowest BCUT2D eigenvalue weighted by Gasteiger charge is -2.43. The quantitative estimate of drug-likeness (QED) is 0.849. The molecule has 2 aliphatic rings. The highest BCUT2D eigenvalue weighted by molar-refractivity contribution is 5.46. The molecule has 1 heterocycles. The topological polar surface area (TPSA) is 41.3 Å². The van der Waals surface area contributed by atoms with E-state index in [2.05, 4.69) is 40.5 Å². The smallest absolute Gasteiger partial charge is 0.0366 e. The Hall–Kier alpha value is -1.06. The van der Waals surface area contributed by atoms with Crippen molar-refractivity contribution in [1.82, 2.24) is 5.32 Å². The molecule has 1 aliphatic carbocycles. The Morgan fingerprint density at radius 1 is 1.17 bits per heavy atom. The first kappa shape index (κ1) is 12.0. The highest BCUT2D eigenvalue weighted by Crippen LogP contribution is 2.30. The van der Waals surface area contributed by atoms with E-state index in [-0.39, 0.29) is 5.54 Å². The van der Waals surface area contributed by atoms with Gasteiger partial charge in [-0.15, -0.1) is 0 Å². The van der Waals surface area contributed by atoms with Crippen molar-refractivity contribution in [3.05, 3.63) is 30.3 Å². The van der Waals surface area contributed by atoms with Crippen molar-refractivity contribution < 1.29 is 0 Å². The van der Waals surface area contributed by atoms with Crippen molar-refractivity contribution in [2.45, 2.75) is 37.3 Å². The molecule has 3 nitrogen and oxygen atoms in total. The summed E-state index contributed by atoms with van der Waals surface area (Å²) in [5.41, 5.74) is 7.56. The summed E-state index contributed by atoms with van der Waals surface area (Å²) in [6.45, 7) is 2.99. The van der Waals surface area contributed by atoms with E-state index in [0.717, 1.165) is 38.5 Å². The Balaban J connectivity index is 1.62. The number of hydrogen-bond acceptors (Lipinski definition) is 3. The molecular weight excluding hydrogens is 222 g/mol. The lowest BCUT2D eigenvalue weighted by atomic mass is 9.87. The zero-order chi connectivity index (χ0) is 12.4. The summed E-state index contributed by atoms with van der Waals surface area (Å²) < 4.78 is 0. The Bertz CT molecular complexity index is 378. The lowest BCUT2D eigenvalue weighted by molar-refractivity contribution is 0.264. The minimum Gasteiger partial charge on any atom is -0.371 e. The molecule has 1 aromatic carbocycles. The van der Waals surface area contributed by atoms with Gasteiger partial charge in [0, 0.05) is 36.9 Å². The van der Waals surface area contributed by atoms with Crippen molar-refractivity contribution in [1.29, 1.82) is 0 Å². The lowest BCUT2D eigenvalue weighted by Crippen LogP contribution is -2.58. The van der Waals surface area contributed by atoms with E-state index in [1.54, 1.807) is 0 Å². The monoisotopic (exact) mass is 245 g/mol. The van der Waals surface area contributed by atoms with Crippen molar-refractivity contribution in [3.63, 3.8) is 0 Å². The third-order valence-corrected chi connectivity index (χ3v) is 4.32. The number of nitrogens with one attached hydrogen (secondary N) is 1. The van der Waals surface area contributed by atoms with E-state index in [1.165, 1.54) is 18.5 Å². The van der Waals surface area contributed by atoms with Gasteiger partial charge in [-0.25, -0.2) is 0 Å². The number of nitrogens with zero attached hydrogens (tertiary/aromatic N) is 1. The molecule has 0 spiro atoms. The van der Waals surface area contributed by atoms with Gasteiger partial charge in [-0.05, 0) is 37.8 Å². The van der Waals surface area contributed by atoms with Crippen LogP contribution in [0.2, 0.25) is 0 Å². The van der Waals surface area contributed by atoms with Gasteiger partial charge >= 0.3 is 0 Å². The van der Waals surface area contributed by atoms with Crippen LogP contribution in [-0.4, -0.2) is 31.2 Å². The molecule has 0 bridgehead atoms. The van der Waals surface area contributed by atoms with Gasteiger partial charge in [-0.3, -0.25) is 0 Å². The first-order chi connectivity index (χ1) is 8.81. The molecule has 3 N–H and O–H groups in total. The zero-order valence-corrected chi connectivity index (χ0v) is 10.9. The van der Waals surface area contributed by atoms with Gasteiger partial charge < -0.3 is 16.0 Å². The fourth-order valence-electron chi connectivity index (χ4n) is 2.90.